The maximum Gasteiger partial charge on any atom is 0.276 e. The summed E-state index contributed by atoms with van der Waals surface area (Å²) in [5.74, 6) is 0.0438. The molecular formula is C26H22N2O4. The second kappa shape index (κ2) is 10.1. The lowest BCUT2D eigenvalue weighted by Crippen LogP contribution is -2.43. The number of hydrazine groups is 1. The van der Waals surface area contributed by atoms with Gasteiger partial charge >= 0.3 is 0 Å². The molecule has 0 aromatic heterocycles. The number of benzene rings is 4. The van der Waals surface area contributed by atoms with Crippen LogP contribution in [-0.2, 0) is 11.4 Å². The Kier molecular flexibility index (Phi) is 6.63. The molecule has 2 N–H and O–H groups in total. The second-order valence-corrected chi connectivity index (χ2v) is 7.07. The molecule has 0 aliphatic carbocycles. The van der Waals surface area contributed by atoms with Crippen molar-refractivity contribution in [3.05, 3.63) is 108 Å². The molecule has 0 bridgehead atoms. The fourth-order valence-corrected chi connectivity index (χ4v) is 3.15. The van der Waals surface area contributed by atoms with Crippen molar-refractivity contribution in [1.29, 1.82) is 0 Å². The number of ether oxygens (including phenoxy) is 2. The molecule has 0 unspecified atom stereocenters. The highest BCUT2D eigenvalue weighted by molar-refractivity contribution is 5.98. The zero-order valence-corrected chi connectivity index (χ0v) is 17.3. The van der Waals surface area contributed by atoms with Gasteiger partial charge in [0, 0.05) is 0 Å². The Morgan fingerprint density at radius 1 is 0.688 bits per heavy atom. The Morgan fingerprint density at radius 3 is 2.25 bits per heavy atom. The van der Waals surface area contributed by atoms with E-state index in [0.717, 1.165) is 16.3 Å². The predicted octanol–water partition coefficient (Wildman–Crippen LogP) is 4.26. The van der Waals surface area contributed by atoms with Crippen LogP contribution in [0.3, 0.4) is 0 Å². The number of carbonyl (C=O) groups excluding carboxylic acids is 2. The van der Waals surface area contributed by atoms with Gasteiger partial charge in [-0.25, -0.2) is 0 Å². The Hall–Kier alpha value is -4.32. The first kappa shape index (κ1) is 20.9. The van der Waals surface area contributed by atoms with Crippen LogP contribution in [0, 0.1) is 0 Å². The van der Waals surface area contributed by atoms with Crippen molar-refractivity contribution >= 4 is 22.6 Å². The van der Waals surface area contributed by atoms with Crippen LogP contribution < -0.4 is 20.3 Å². The lowest BCUT2D eigenvalue weighted by Gasteiger charge is -2.13. The van der Waals surface area contributed by atoms with Crippen molar-refractivity contribution in [3.8, 4) is 11.5 Å². The van der Waals surface area contributed by atoms with Gasteiger partial charge in [0.2, 0.25) is 0 Å². The van der Waals surface area contributed by atoms with Gasteiger partial charge in [0.15, 0.2) is 6.61 Å². The second-order valence-electron chi connectivity index (χ2n) is 7.07. The molecule has 160 valence electrons. The minimum atomic E-state index is -0.479. The fourth-order valence-electron chi connectivity index (χ4n) is 3.15. The SMILES string of the molecule is O=C(COc1ccc2ccccc2c1)NNC(=O)c1ccccc1OCc1ccccc1. The summed E-state index contributed by atoms with van der Waals surface area (Å²) in [6.45, 7) is 0.0991. The van der Waals surface area contributed by atoms with Gasteiger partial charge in [0.05, 0.1) is 5.56 Å². The summed E-state index contributed by atoms with van der Waals surface area (Å²) in [6, 6.07) is 30.0. The first-order chi connectivity index (χ1) is 15.7. The largest absolute Gasteiger partial charge is 0.488 e. The van der Waals surface area contributed by atoms with E-state index in [1.54, 1.807) is 30.3 Å². The van der Waals surface area contributed by atoms with E-state index in [4.69, 9.17) is 9.47 Å². The highest BCUT2D eigenvalue weighted by Crippen LogP contribution is 2.21. The van der Waals surface area contributed by atoms with Crippen molar-refractivity contribution in [1.82, 2.24) is 10.9 Å². The number of para-hydroxylation sites is 1. The van der Waals surface area contributed by atoms with Crippen molar-refractivity contribution in [2.75, 3.05) is 6.61 Å². The van der Waals surface area contributed by atoms with Crippen LogP contribution in [0.5, 0.6) is 11.5 Å². The van der Waals surface area contributed by atoms with Crippen LogP contribution in [0.15, 0.2) is 97.1 Å². The van der Waals surface area contributed by atoms with Gasteiger partial charge < -0.3 is 9.47 Å². The molecular weight excluding hydrogens is 404 g/mol. The molecule has 4 aromatic carbocycles. The third-order valence-corrected chi connectivity index (χ3v) is 4.78. The molecule has 6 nitrogen and oxygen atoms in total. The van der Waals surface area contributed by atoms with E-state index in [1.807, 2.05) is 66.7 Å². The van der Waals surface area contributed by atoms with Crippen LogP contribution in [0.4, 0.5) is 0 Å². The third kappa shape index (κ3) is 5.43. The van der Waals surface area contributed by atoms with Crippen LogP contribution in [0.2, 0.25) is 0 Å². The third-order valence-electron chi connectivity index (χ3n) is 4.78. The average molecular weight is 426 g/mol. The normalized spacial score (nSPS) is 10.4. The number of rotatable bonds is 7. The number of hydrogen-bond acceptors (Lipinski definition) is 4. The highest BCUT2D eigenvalue weighted by Gasteiger charge is 2.13. The van der Waals surface area contributed by atoms with Gasteiger partial charge in [-0.3, -0.25) is 20.4 Å². The summed E-state index contributed by atoms with van der Waals surface area (Å²) < 4.78 is 11.3. The molecule has 32 heavy (non-hydrogen) atoms. The summed E-state index contributed by atoms with van der Waals surface area (Å²) in [7, 11) is 0. The smallest absolute Gasteiger partial charge is 0.276 e. The Labute approximate surface area is 185 Å². The summed E-state index contributed by atoms with van der Waals surface area (Å²) >= 11 is 0. The summed E-state index contributed by atoms with van der Waals surface area (Å²) in [5, 5.41) is 2.11. The Bertz CT molecular complexity index is 1220. The minimum absolute atomic E-state index is 0.231. The molecule has 0 spiro atoms. The molecule has 0 aliphatic heterocycles. The number of fused-ring (bicyclic) bond motifs is 1. The van der Waals surface area contributed by atoms with E-state index in [1.165, 1.54) is 0 Å². The molecule has 0 heterocycles. The number of nitrogens with one attached hydrogen (secondary N) is 2. The zero-order chi connectivity index (χ0) is 22.2. The summed E-state index contributed by atoms with van der Waals surface area (Å²) in [4.78, 5) is 24.7. The van der Waals surface area contributed by atoms with Gasteiger partial charge in [-0.15, -0.1) is 0 Å². The van der Waals surface area contributed by atoms with Crippen LogP contribution >= 0.6 is 0 Å². The first-order valence-electron chi connectivity index (χ1n) is 10.2. The standard InChI is InChI=1S/C26H22N2O4/c29-25(18-31-22-15-14-20-10-4-5-11-21(20)16-22)27-28-26(30)23-12-6-7-13-24(23)32-17-19-8-2-1-3-9-19/h1-16H,17-18H2,(H,27,29)(H,28,30). The molecule has 6 heteroatoms. The van der Waals surface area contributed by atoms with Gasteiger partial charge in [-0.1, -0.05) is 72.8 Å². The predicted molar refractivity (Wildman–Crippen MR) is 122 cm³/mol. The Morgan fingerprint density at radius 2 is 1.41 bits per heavy atom. The monoisotopic (exact) mass is 426 g/mol. The molecule has 0 saturated carbocycles. The molecule has 0 fully saturated rings. The van der Waals surface area contributed by atoms with E-state index in [9.17, 15) is 9.59 Å². The molecule has 2 amide bonds. The molecule has 0 radical (unpaired) electrons. The lowest BCUT2D eigenvalue weighted by molar-refractivity contribution is -0.123. The zero-order valence-electron chi connectivity index (χ0n) is 17.3. The van der Waals surface area contributed by atoms with E-state index in [0.29, 0.717) is 23.7 Å². The highest BCUT2D eigenvalue weighted by atomic mass is 16.5. The van der Waals surface area contributed by atoms with Crippen LogP contribution in [0.1, 0.15) is 15.9 Å². The minimum Gasteiger partial charge on any atom is -0.488 e. The molecule has 0 aliphatic rings. The topological polar surface area (TPSA) is 76.7 Å². The van der Waals surface area contributed by atoms with Crippen LogP contribution in [0.25, 0.3) is 10.8 Å². The maximum atomic E-state index is 12.6. The van der Waals surface area contributed by atoms with Crippen molar-refractivity contribution in [2.45, 2.75) is 6.61 Å². The number of amides is 2. The van der Waals surface area contributed by atoms with E-state index in [2.05, 4.69) is 10.9 Å². The first-order valence-corrected chi connectivity index (χ1v) is 10.2. The van der Waals surface area contributed by atoms with Gasteiger partial charge in [0.25, 0.3) is 11.8 Å². The van der Waals surface area contributed by atoms with Crippen molar-refractivity contribution in [2.24, 2.45) is 0 Å². The summed E-state index contributed by atoms with van der Waals surface area (Å²) in [5.41, 5.74) is 6.08. The quantitative estimate of drug-likeness (QED) is 0.433. The number of carbonyl (C=O) groups is 2. The molecule has 4 aromatic rings. The van der Waals surface area contributed by atoms with Gasteiger partial charge in [-0.05, 0) is 40.6 Å². The van der Waals surface area contributed by atoms with E-state index in [-0.39, 0.29) is 6.61 Å². The Balaban J connectivity index is 1.29. The average Bonchev–Trinajstić information content (AvgIpc) is 2.85. The number of hydrogen-bond donors (Lipinski definition) is 2. The molecule has 0 atom stereocenters. The van der Waals surface area contributed by atoms with Crippen molar-refractivity contribution < 1.29 is 19.1 Å². The summed E-state index contributed by atoms with van der Waals surface area (Å²) in [6.07, 6.45) is 0. The molecule has 4 rings (SSSR count). The lowest BCUT2D eigenvalue weighted by atomic mass is 10.1. The fraction of sp³-hybridized carbons (Fsp3) is 0.0769. The van der Waals surface area contributed by atoms with Gasteiger partial charge in [-0.2, -0.15) is 0 Å². The van der Waals surface area contributed by atoms with Gasteiger partial charge in [0.1, 0.15) is 18.1 Å². The maximum absolute atomic E-state index is 12.6. The van der Waals surface area contributed by atoms with E-state index >= 15 is 0 Å². The van der Waals surface area contributed by atoms with Crippen LogP contribution in [-0.4, -0.2) is 18.4 Å². The van der Waals surface area contributed by atoms with E-state index < -0.39 is 11.8 Å². The molecule has 0 saturated heterocycles. The van der Waals surface area contributed by atoms with Crippen molar-refractivity contribution in [3.63, 3.8) is 0 Å².